The van der Waals surface area contributed by atoms with E-state index in [1.165, 1.54) is 23.9 Å². The summed E-state index contributed by atoms with van der Waals surface area (Å²) in [7, 11) is 0. The normalized spacial score (nSPS) is 15.7. The van der Waals surface area contributed by atoms with E-state index in [0.717, 1.165) is 49.0 Å². The number of benzene rings is 2. The number of hydrogen-bond acceptors (Lipinski definition) is 6. The van der Waals surface area contributed by atoms with E-state index in [1.807, 2.05) is 31.2 Å². The van der Waals surface area contributed by atoms with Gasteiger partial charge in [-0.25, -0.2) is 0 Å². The first kappa shape index (κ1) is 21.1. The van der Waals surface area contributed by atoms with E-state index in [2.05, 4.69) is 22.0 Å². The number of nitrogens with zero attached hydrogens (tertiary/aromatic N) is 3. The van der Waals surface area contributed by atoms with Crippen molar-refractivity contribution in [3.05, 3.63) is 58.6 Å². The highest BCUT2D eigenvalue weighted by Gasteiger charge is 2.21. The summed E-state index contributed by atoms with van der Waals surface area (Å²) in [5, 5.41) is 13.5. The van der Waals surface area contributed by atoms with Gasteiger partial charge in [-0.2, -0.15) is 0 Å². The van der Waals surface area contributed by atoms with Crippen LogP contribution in [0.5, 0.6) is 0 Å². The third-order valence-corrected chi connectivity index (χ3v) is 6.16. The van der Waals surface area contributed by atoms with E-state index >= 15 is 0 Å². The van der Waals surface area contributed by atoms with Gasteiger partial charge in [0.05, 0.1) is 21.5 Å². The lowest BCUT2D eigenvalue weighted by atomic mass is 10.2. The fourth-order valence-electron chi connectivity index (χ4n) is 3.30. The Morgan fingerprint density at radius 2 is 1.79 bits per heavy atom. The lowest BCUT2D eigenvalue weighted by Crippen LogP contribution is -2.46. The van der Waals surface area contributed by atoms with E-state index < -0.39 is 4.92 Å². The topological polar surface area (TPSA) is 78.7 Å². The van der Waals surface area contributed by atoms with Crippen LogP contribution in [-0.4, -0.2) is 53.7 Å². The van der Waals surface area contributed by atoms with Crippen LogP contribution in [0.2, 0.25) is 0 Å². The van der Waals surface area contributed by atoms with Crippen LogP contribution in [0.15, 0.2) is 53.4 Å². The molecule has 1 fully saturated rings. The number of anilines is 2. The maximum absolute atomic E-state index is 12.8. The van der Waals surface area contributed by atoms with E-state index in [1.54, 1.807) is 12.1 Å². The largest absolute Gasteiger partial charge is 0.367 e. The number of piperazine rings is 1. The SMILES string of the molecule is CCN1CCN(c2ccccc2NC(=O)C(C)Sc2ccc([N+](=O)[O-])cc2)CC1. The van der Waals surface area contributed by atoms with Crippen LogP contribution >= 0.6 is 11.8 Å². The Bertz CT molecular complexity index is 851. The molecule has 8 heteroatoms. The van der Waals surface area contributed by atoms with Crippen LogP contribution in [0, 0.1) is 10.1 Å². The number of likely N-dealkylation sites (N-methyl/N-ethyl adjacent to an activating group) is 1. The molecule has 1 aliphatic rings. The summed E-state index contributed by atoms with van der Waals surface area (Å²) in [6, 6.07) is 14.2. The number of nitro benzene ring substituents is 1. The smallest absolute Gasteiger partial charge is 0.269 e. The molecule has 3 rings (SSSR count). The maximum atomic E-state index is 12.8. The molecule has 0 spiro atoms. The van der Waals surface area contributed by atoms with Gasteiger partial charge >= 0.3 is 0 Å². The van der Waals surface area contributed by atoms with Crippen molar-refractivity contribution in [2.45, 2.75) is 24.0 Å². The van der Waals surface area contributed by atoms with Crippen molar-refractivity contribution in [3.63, 3.8) is 0 Å². The first-order valence-corrected chi connectivity index (χ1v) is 10.6. The van der Waals surface area contributed by atoms with Gasteiger partial charge in [0.15, 0.2) is 0 Å². The Hall–Kier alpha value is -2.58. The Labute approximate surface area is 175 Å². The van der Waals surface area contributed by atoms with Crippen molar-refractivity contribution in [1.82, 2.24) is 4.90 Å². The monoisotopic (exact) mass is 414 g/mol. The van der Waals surface area contributed by atoms with Gasteiger partial charge in [-0.1, -0.05) is 19.1 Å². The van der Waals surface area contributed by atoms with Crippen LogP contribution in [0.25, 0.3) is 0 Å². The molecular weight excluding hydrogens is 388 g/mol. The second-order valence-electron chi connectivity index (χ2n) is 6.94. The quantitative estimate of drug-likeness (QED) is 0.421. The Kier molecular flexibility index (Phi) is 7.11. The molecule has 1 saturated heterocycles. The Morgan fingerprint density at radius 3 is 2.41 bits per heavy atom. The molecule has 2 aromatic rings. The molecule has 0 radical (unpaired) electrons. The molecule has 0 saturated carbocycles. The van der Waals surface area contributed by atoms with Gasteiger partial charge < -0.3 is 15.1 Å². The number of thioether (sulfide) groups is 1. The highest BCUT2D eigenvalue weighted by atomic mass is 32.2. The maximum Gasteiger partial charge on any atom is 0.269 e. The molecule has 1 heterocycles. The molecule has 7 nitrogen and oxygen atoms in total. The van der Waals surface area contributed by atoms with Crippen molar-refractivity contribution in [2.24, 2.45) is 0 Å². The van der Waals surface area contributed by atoms with Crippen molar-refractivity contribution in [3.8, 4) is 0 Å². The standard InChI is InChI=1S/C21H26N4O3S/c1-3-23-12-14-24(15-13-23)20-7-5-4-6-19(20)22-21(26)16(2)29-18-10-8-17(9-11-18)25(27)28/h4-11,16H,3,12-15H2,1-2H3,(H,22,26). The summed E-state index contributed by atoms with van der Waals surface area (Å²) in [5.41, 5.74) is 1.91. The molecule has 0 aliphatic carbocycles. The van der Waals surface area contributed by atoms with Crippen LogP contribution in [-0.2, 0) is 4.79 Å². The summed E-state index contributed by atoms with van der Waals surface area (Å²) in [6.45, 7) is 8.99. The number of hydrogen-bond donors (Lipinski definition) is 1. The van der Waals surface area contributed by atoms with Crippen LogP contribution in [0.4, 0.5) is 17.1 Å². The average molecular weight is 415 g/mol. The Morgan fingerprint density at radius 1 is 1.14 bits per heavy atom. The fraction of sp³-hybridized carbons (Fsp3) is 0.381. The molecule has 1 aliphatic heterocycles. The zero-order chi connectivity index (χ0) is 20.8. The minimum Gasteiger partial charge on any atom is -0.367 e. The zero-order valence-electron chi connectivity index (χ0n) is 16.7. The highest BCUT2D eigenvalue weighted by Crippen LogP contribution is 2.29. The van der Waals surface area contributed by atoms with Gasteiger partial charge in [-0.05, 0) is 37.7 Å². The number of para-hydroxylation sites is 2. The first-order chi connectivity index (χ1) is 14.0. The molecule has 29 heavy (non-hydrogen) atoms. The Balaban J connectivity index is 1.63. The predicted molar refractivity (Wildman–Crippen MR) is 118 cm³/mol. The van der Waals surface area contributed by atoms with Gasteiger partial charge in [0, 0.05) is 43.2 Å². The van der Waals surface area contributed by atoms with Crippen LogP contribution in [0.1, 0.15) is 13.8 Å². The number of carbonyl (C=O) groups excluding carboxylic acids is 1. The van der Waals surface area contributed by atoms with Crippen molar-refractivity contribution in [1.29, 1.82) is 0 Å². The lowest BCUT2D eigenvalue weighted by molar-refractivity contribution is -0.384. The highest BCUT2D eigenvalue weighted by molar-refractivity contribution is 8.00. The van der Waals surface area contributed by atoms with Gasteiger partial charge in [-0.15, -0.1) is 11.8 Å². The molecule has 1 unspecified atom stereocenters. The van der Waals surface area contributed by atoms with Gasteiger partial charge in [0.1, 0.15) is 0 Å². The van der Waals surface area contributed by atoms with Crippen molar-refractivity contribution < 1.29 is 9.72 Å². The number of non-ortho nitro benzene ring substituents is 1. The van der Waals surface area contributed by atoms with Crippen molar-refractivity contribution in [2.75, 3.05) is 42.9 Å². The van der Waals surface area contributed by atoms with Gasteiger partial charge in [-0.3, -0.25) is 14.9 Å². The molecular formula is C21H26N4O3S. The van der Waals surface area contributed by atoms with Gasteiger partial charge in [0.25, 0.3) is 5.69 Å². The molecule has 1 atom stereocenters. The number of nitro groups is 1. The van der Waals surface area contributed by atoms with Crippen LogP contribution < -0.4 is 10.2 Å². The third kappa shape index (κ3) is 5.48. The summed E-state index contributed by atoms with van der Waals surface area (Å²) < 4.78 is 0. The first-order valence-electron chi connectivity index (χ1n) is 9.76. The summed E-state index contributed by atoms with van der Waals surface area (Å²) in [4.78, 5) is 28.7. The lowest BCUT2D eigenvalue weighted by Gasteiger charge is -2.36. The van der Waals surface area contributed by atoms with E-state index in [4.69, 9.17) is 0 Å². The van der Waals surface area contributed by atoms with Crippen molar-refractivity contribution >= 4 is 34.7 Å². The predicted octanol–water partition coefficient (Wildman–Crippen LogP) is 3.86. The molecule has 0 aromatic heterocycles. The van der Waals surface area contributed by atoms with Crippen LogP contribution in [0.3, 0.4) is 0 Å². The molecule has 1 amide bonds. The number of carbonyl (C=O) groups is 1. The summed E-state index contributed by atoms with van der Waals surface area (Å²) in [5.74, 6) is -0.0898. The molecule has 0 bridgehead atoms. The summed E-state index contributed by atoms with van der Waals surface area (Å²) >= 11 is 1.38. The fourth-order valence-corrected chi connectivity index (χ4v) is 4.17. The average Bonchev–Trinajstić information content (AvgIpc) is 2.74. The summed E-state index contributed by atoms with van der Waals surface area (Å²) in [6.07, 6.45) is 0. The minimum absolute atomic E-state index is 0.0450. The molecule has 2 aromatic carbocycles. The second kappa shape index (κ2) is 9.76. The van der Waals surface area contributed by atoms with E-state index in [-0.39, 0.29) is 16.8 Å². The zero-order valence-corrected chi connectivity index (χ0v) is 17.5. The van der Waals surface area contributed by atoms with E-state index in [0.29, 0.717) is 0 Å². The number of nitrogens with one attached hydrogen (secondary N) is 1. The second-order valence-corrected chi connectivity index (χ2v) is 8.35. The number of rotatable bonds is 7. The number of amides is 1. The molecule has 1 N–H and O–H groups in total. The minimum atomic E-state index is -0.429. The van der Waals surface area contributed by atoms with Gasteiger partial charge in [0.2, 0.25) is 5.91 Å². The van der Waals surface area contributed by atoms with E-state index in [9.17, 15) is 14.9 Å². The third-order valence-electron chi connectivity index (χ3n) is 5.05. The molecule has 154 valence electrons.